The number of carbonyl (C=O) groups excluding carboxylic acids is 1. The maximum Gasteiger partial charge on any atom is 0.234 e. The average molecular weight is 353 g/mol. The summed E-state index contributed by atoms with van der Waals surface area (Å²) in [5, 5.41) is 0.992. The molecule has 0 radical (unpaired) electrons. The fourth-order valence-corrected chi connectivity index (χ4v) is 1.91. The second-order valence-electron chi connectivity index (χ2n) is 4.02. The quantitative estimate of drug-likeness (QED) is 0.630. The van der Waals surface area contributed by atoms with Crippen molar-refractivity contribution < 1.29 is 4.79 Å². The van der Waals surface area contributed by atoms with Crippen LogP contribution < -0.4 is 0 Å². The predicted octanol–water partition coefficient (Wildman–Crippen LogP) is 2.00. The average Bonchev–Trinajstić information content (AvgIpc) is 2.71. The van der Waals surface area contributed by atoms with Crippen molar-refractivity contribution in [1.29, 1.82) is 0 Å². The van der Waals surface area contributed by atoms with Crippen LogP contribution in [0.2, 0.25) is 0 Å². The first-order chi connectivity index (χ1) is 8.58. The highest BCUT2D eigenvalue weighted by Crippen LogP contribution is 2.17. The number of nitrogens with one attached hydrogen (secondary N) is 1. The Balaban J connectivity index is 2.25. The van der Waals surface area contributed by atoms with E-state index in [1.807, 2.05) is 12.3 Å². The van der Waals surface area contributed by atoms with Gasteiger partial charge in [-0.2, -0.15) is 0 Å². The number of rotatable bonds is 1. The van der Waals surface area contributed by atoms with Crippen LogP contribution in [0.25, 0.3) is 11.0 Å². The van der Waals surface area contributed by atoms with Gasteiger partial charge < -0.3 is 9.88 Å². The maximum atomic E-state index is 11.4. The lowest BCUT2D eigenvalue weighted by Gasteiger charge is -2.05. The van der Waals surface area contributed by atoms with E-state index in [4.69, 9.17) is 0 Å². The molecule has 0 bridgehead atoms. The lowest BCUT2D eigenvalue weighted by Crippen LogP contribution is -2.20. The van der Waals surface area contributed by atoms with Crippen molar-refractivity contribution in [2.45, 2.75) is 6.42 Å². The molecule has 2 rings (SSSR count). The number of fused-ring (bicyclic) bond motifs is 1. The SMILES string of the molecule is CN(C)C(=O)CC#Cc1c[nH]c2ncc(I)cc12. The molecular weight excluding hydrogens is 341 g/mol. The van der Waals surface area contributed by atoms with Crippen LogP contribution in [0.1, 0.15) is 12.0 Å². The van der Waals surface area contributed by atoms with Crippen molar-refractivity contribution in [3.8, 4) is 11.8 Å². The number of H-pyrrole nitrogens is 1. The zero-order chi connectivity index (χ0) is 13.1. The molecule has 1 N–H and O–H groups in total. The van der Waals surface area contributed by atoms with Crippen LogP contribution in [0, 0.1) is 15.4 Å². The van der Waals surface area contributed by atoms with Gasteiger partial charge in [-0.25, -0.2) is 4.98 Å². The number of hydrogen-bond donors (Lipinski definition) is 1. The highest BCUT2D eigenvalue weighted by atomic mass is 127. The van der Waals surface area contributed by atoms with E-state index in [0.29, 0.717) is 0 Å². The van der Waals surface area contributed by atoms with Gasteiger partial charge >= 0.3 is 0 Å². The van der Waals surface area contributed by atoms with Gasteiger partial charge in [0.05, 0.1) is 12.0 Å². The van der Waals surface area contributed by atoms with Crippen LogP contribution in [0.4, 0.5) is 0 Å². The highest BCUT2D eigenvalue weighted by molar-refractivity contribution is 14.1. The molecule has 18 heavy (non-hydrogen) atoms. The second-order valence-corrected chi connectivity index (χ2v) is 5.26. The first-order valence-electron chi connectivity index (χ1n) is 5.39. The largest absolute Gasteiger partial charge is 0.348 e. The van der Waals surface area contributed by atoms with Crippen molar-refractivity contribution in [2.24, 2.45) is 0 Å². The van der Waals surface area contributed by atoms with Crippen molar-refractivity contribution in [2.75, 3.05) is 14.1 Å². The Morgan fingerprint density at radius 3 is 3.06 bits per heavy atom. The molecule has 2 aromatic rings. The van der Waals surface area contributed by atoms with Gasteiger partial charge in [0.1, 0.15) is 5.65 Å². The zero-order valence-electron chi connectivity index (χ0n) is 10.1. The van der Waals surface area contributed by atoms with E-state index < -0.39 is 0 Å². The molecule has 0 fully saturated rings. The van der Waals surface area contributed by atoms with Gasteiger partial charge in [0.2, 0.25) is 5.91 Å². The number of amides is 1. The number of aromatic amines is 1. The van der Waals surface area contributed by atoms with Crippen LogP contribution in [-0.4, -0.2) is 34.9 Å². The summed E-state index contributed by atoms with van der Waals surface area (Å²) in [6.45, 7) is 0. The molecule has 0 atom stereocenters. The van der Waals surface area contributed by atoms with E-state index >= 15 is 0 Å². The van der Waals surface area contributed by atoms with Gasteiger partial charge in [0, 0.05) is 35.4 Å². The smallest absolute Gasteiger partial charge is 0.234 e. The van der Waals surface area contributed by atoms with E-state index in [9.17, 15) is 4.79 Å². The Labute approximate surface area is 119 Å². The van der Waals surface area contributed by atoms with E-state index in [0.717, 1.165) is 20.2 Å². The fraction of sp³-hybridized carbons (Fsp3) is 0.231. The number of nitrogens with zero attached hydrogens (tertiary/aromatic N) is 2. The maximum absolute atomic E-state index is 11.4. The molecule has 0 aliphatic carbocycles. The fourth-order valence-electron chi connectivity index (χ4n) is 1.45. The van der Waals surface area contributed by atoms with E-state index in [2.05, 4.69) is 44.4 Å². The molecule has 0 unspecified atom stereocenters. The topological polar surface area (TPSA) is 49.0 Å². The van der Waals surface area contributed by atoms with Crippen LogP contribution in [0.3, 0.4) is 0 Å². The van der Waals surface area contributed by atoms with Crippen LogP contribution in [0.15, 0.2) is 18.5 Å². The van der Waals surface area contributed by atoms with Crippen LogP contribution >= 0.6 is 22.6 Å². The minimum Gasteiger partial charge on any atom is -0.348 e. The molecule has 0 saturated heterocycles. The number of halogens is 1. The Kier molecular flexibility index (Phi) is 3.87. The second kappa shape index (κ2) is 5.40. The summed E-state index contributed by atoms with van der Waals surface area (Å²) in [6.07, 6.45) is 3.85. The van der Waals surface area contributed by atoms with Crippen molar-refractivity contribution in [3.05, 3.63) is 27.6 Å². The van der Waals surface area contributed by atoms with Gasteiger partial charge in [-0.3, -0.25) is 4.79 Å². The Bertz CT molecular complexity index is 649. The highest BCUT2D eigenvalue weighted by Gasteiger charge is 2.03. The molecule has 4 nitrogen and oxygen atoms in total. The van der Waals surface area contributed by atoms with E-state index in [1.165, 1.54) is 4.90 Å². The van der Waals surface area contributed by atoms with Gasteiger partial charge in [0.15, 0.2) is 0 Å². The molecule has 5 heteroatoms. The monoisotopic (exact) mass is 353 g/mol. The van der Waals surface area contributed by atoms with Crippen molar-refractivity contribution in [1.82, 2.24) is 14.9 Å². The van der Waals surface area contributed by atoms with Crippen molar-refractivity contribution >= 4 is 39.5 Å². The normalized spacial score (nSPS) is 9.94. The van der Waals surface area contributed by atoms with Gasteiger partial charge in [0.25, 0.3) is 0 Å². The minimum absolute atomic E-state index is 0.00930. The van der Waals surface area contributed by atoms with Gasteiger partial charge in [-0.15, -0.1) is 0 Å². The number of pyridine rings is 1. The summed E-state index contributed by atoms with van der Waals surface area (Å²) in [6, 6.07) is 2.02. The lowest BCUT2D eigenvalue weighted by molar-refractivity contribution is -0.127. The molecule has 2 aromatic heterocycles. The molecule has 2 heterocycles. The van der Waals surface area contributed by atoms with Gasteiger partial charge in [-0.05, 0) is 28.7 Å². The molecular formula is C13H12IN3O. The first kappa shape index (κ1) is 12.9. The minimum atomic E-state index is 0.00930. The summed E-state index contributed by atoms with van der Waals surface area (Å²) < 4.78 is 1.06. The van der Waals surface area contributed by atoms with E-state index in [1.54, 1.807) is 20.3 Å². The van der Waals surface area contributed by atoms with Crippen LogP contribution in [-0.2, 0) is 4.79 Å². The summed E-state index contributed by atoms with van der Waals surface area (Å²) in [4.78, 5) is 20.3. The third-order valence-corrected chi connectivity index (χ3v) is 3.05. The molecule has 0 aliphatic rings. The molecule has 0 aromatic carbocycles. The standard InChI is InChI=1S/C13H12IN3O/c1-17(2)12(18)5-3-4-9-7-15-13-11(9)6-10(14)8-16-13/h6-8H,5H2,1-2H3,(H,15,16). The molecule has 1 amide bonds. The molecule has 92 valence electrons. The first-order valence-corrected chi connectivity index (χ1v) is 6.47. The van der Waals surface area contributed by atoms with Gasteiger partial charge in [-0.1, -0.05) is 11.8 Å². The summed E-state index contributed by atoms with van der Waals surface area (Å²) in [7, 11) is 3.45. The Morgan fingerprint density at radius 2 is 2.33 bits per heavy atom. The predicted molar refractivity (Wildman–Crippen MR) is 79.0 cm³/mol. The Morgan fingerprint density at radius 1 is 1.56 bits per heavy atom. The molecule has 0 aliphatic heterocycles. The van der Waals surface area contributed by atoms with Crippen LogP contribution in [0.5, 0.6) is 0 Å². The number of hydrogen-bond acceptors (Lipinski definition) is 2. The van der Waals surface area contributed by atoms with Crippen molar-refractivity contribution in [3.63, 3.8) is 0 Å². The summed E-state index contributed by atoms with van der Waals surface area (Å²) in [5.74, 6) is 5.91. The number of aromatic nitrogens is 2. The summed E-state index contributed by atoms with van der Waals surface area (Å²) >= 11 is 2.21. The third kappa shape index (κ3) is 2.82. The molecule has 0 saturated carbocycles. The molecule has 0 spiro atoms. The van der Waals surface area contributed by atoms with E-state index in [-0.39, 0.29) is 12.3 Å². The Hall–Kier alpha value is -1.55. The zero-order valence-corrected chi connectivity index (χ0v) is 12.3. The summed E-state index contributed by atoms with van der Waals surface area (Å²) in [5.41, 5.74) is 1.70. The third-order valence-electron chi connectivity index (χ3n) is 2.46. The number of carbonyl (C=O) groups is 1. The lowest BCUT2D eigenvalue weighted by atomic mass is 10.2.